The molecule has 2 aliphatic carbocycles. The van der Waals surface area contributed by atoms with Crippen LogP contribution in [-0.4, -0.2) is 39.5 Å². The predicted octanol–water partition coefficient (Wildman–Crippen LogP) is 7.58. The van der Waals surface area contributed by atoms with E-state index in [0.717, 1.165) is 24.2 Å². The summed E-state index contributed by atoms with van der Waals surface area (Å²) >= 11 is 13.1. The first-order valence-electron chi connectivity index (χ1n) is 13.8. The van der Waals surface area contributed by atoms with Gasteiger partial charge in [-0.15, -0.1) is 0 Å². The number of hydrogen-bond acceptors (Lipinski definition) is 5. The van der Waals surface area contributed by atoms with Crippen LogP contribution >= 0.6 is 23.2 Å². The zero-order chi connectivity index (χ0) is 27.5. The molecule has 4 atom stereocenters. The Labute approximate surface area is 240 Å². The smallest absolute Gasteiger partial charge is 0.338 e. The maximum atomic E-state index is 12.4. The van der Waals surface area contributed by atoms with Crippen LogP contribution in [0.4, 0.5) is 5.69 Å². The number of carbonyl (C=O) groups is 1. The van der Waals surface area contributed by atoms with Gasteiger partial charge in [-0.25, -0.2) is 9.48 Å². The number of nitrogens with zero attached hydrogens (tertiary/aromatic N) is 3. The van der Waals surface area contributed by atoms with Gasteiger partial charge in [-0.05, 0) is 101 Å². The van der Waals surface area contributed by atoms with Gasteiger partial charge in [0.25, 0.3) is 0 Å². The molecular weight excluding hydrogens is 533 g/mol. The van der Waals surface area contributed by atoms with Crippen molar-refractivity contribution in [3.8, 4) is 5.69 Å². The number of para-hydroxylation sites is 1. The molecule has 8 heteroatoms. The van der Waals surface area contributed by atoms with E-state index in [1.165, 1.54) is 18.4 Å². The Kier molecular flexibility index (Phi) is 6.93. The highest BCUT2D eigenvalue weighted by Crippen LogP contribution is 2.47. The van der Waals surface area contributed by atoms with Gasteiger partial charge >= 0.3 is 5.97 Å². The summed E-state index contributed by atoms with van der Waals surface area (Å²) in [4.78, 5) is 14.9. The molecule has 1 aromatic heterocycles. The van der Waals surface area contributed by atoms with Gasteiger partial charge in [0.2, 0.25) is 0 Å². The molecule has 2 bridgehead atoms. The third-order valence-electron chi connectivity index (χ3n) is 8.28. The third-order valence-corrected chi connectivity index (χ3v) is 8.89. The van der Waals surface area contributed by atoms with Crippen LogP contribution in [-0.2, 0) is 16.1 Å². The van der Waals surface area contributed by atoms with Crippen molar-refractivity contribution < 1.29 is 14.3 Å². The largest absolute Gasteiger partial charge is 0.456 e. The minimum Gasteiger partial charge on any atom is -0.456 e. The summed E-state index contributed by atoms with van der Waals surface area (Å²) in [5, 5.41) is 5.85. The van der Waals surface area contributed by atoms with Crippen molar-refractivity contribution in [1.29, 1.82) is 0 Å². The zero-order valence-corrected chi connectivity index (χ0v) is 24.4. The quantitative estimate of drug-likeness (QED) is 0.275. The van der Waals surface area contributed by atoms with Crippen LogP contribution in [0.5, 0.6) is 0 Å². The fourth-order valence-corrected chi connectivity index (χ4v) is 6.92. The Morgan fingerprint density at radius 2 is 1.74 bits per heavy atom. The molecule has 6 nitrogen and oxygen atoms in total. The van der Waals surface area contributed by atoms with Gasteiger partial charge in [0.15, 0.2) is 0 Å². The standard InChI is InChI=1S/C31H35Cl2N3O3/c1-18-23-14-22(35(18)21-12-10-20(11-13-21)30(37)39-31(2,3)4)15-28(23)38-17-27-24(19-8-9-19)16-34-36(27)29-25(32)6-5-7-26(29)33/h5-7,10-13,16,18-19,22-23,28H,8-9,14-15,17H2,1-4H3/t18-,22+,23+,28-/m1/s1. The Bertz CT molecular complexity index is 1350. The van der Waals surface area contributed by atoms with Crippen LogP contribution < -0.4 is 4.90 Å². The van der Waals surface area contributed by atoms with Gasteiger partial charge in [-0.2, -0.15) is 5.10 Å². The van der Waals surface area contributed by atoms with E-state index < -0.39 is 5.60 Å². The van der Waals surface area contributed by atoms with E-state index in [2.05, 4.69) is 11.8 Å². The molecule has 2 saturated carbocycles. The van der Waals surface area contributed by atoms with E-state index in [1.807, 2.05) is 74.1 Å². The second kappa shape index (κ2) is 10.1. The summed E-state index contributed by atoms with van der Waals surface area (Å²) < 4.78 is 14.1. The maximum absolute atomic E-state index is 12.4. The molecule has 2 aromatic carbocycles. The Balaban J connectivity index is 1.15. The SMILES string of the molecule is C[C@@H]1[C@@H]2C[C@@H](C[C@H]2OCc2c(C3CC3)cnn2-c2c(Cl)cccc2Cl)N1c1ccc(C(=O)OC(C)(C)C)cc1. The zero-order valence-electron chi connectivity index (χ0n) is 22.9. The van der Waals surface area contributed by atoms with E-state index in [1.54, 1.807) is 0 Å². The topological polar surface area (TPSA) is 56.6 Å². The molecule has 206 valence electrons. The van der Waals surface area contributed by atoms with Crippen molar-refractivity contribution in [3.63, 3.8) is 0 Å². The van der Waals surface area contributed by atoms with Gasteiger partial charge in [0.05, 0.1) is 40.2 Å². The lowest BCUT2D eigenvalue weighted by Crippen LogP contribution is -2.45. The number of carbonyl (C=O) groups excluding carboxylic acids is 1. The molecule has 0 N–H and O–H groups in total. The van der Waals surface area contributed by atoms with Crippen molar-refractivity contribution in [3.05, 3.63) is 75.5 Å². The minimum absolute atomic E-state index is 0.180. The summed E-state index contributed by atoms with van der Waals surface area (Å²) in [6.07, 6.45) is 6.58. The summed E-state index contributed by atoms with van der Waals surface area (Å²) in [7, 11) is 0. The van der Waals surface area contributed by atoms with Crippen LogP contribution in [0.2, 0.25) is 10.0 Å². The molecule has 3 aliphatic rings. The number of ether oxygens (including phenoxy) is 2. The van der Waals surface area contributed by atoms with Crippen molar-refractivity contribution in [1.82, 2.24) is 9.78 Å². The number of fused-ring (bicyclic) bond motifs is 2. The van der Waals surface area contributed by atoms with Gasteiger partial charge in [-0.1, -0.05) is 29.3 Å². The lowest BCUT2D eigenvalue weighted by molar-refractivity contribution is 0.00148. The molecule has 0 unspecified atom stereocenters. The number of piperidine rings is 1. The van der Waals surface area contributed by atoms with Crippen molar-refractivity contribution in [2.24, 2.45) is 5.92 Å². The van der Waals surface area contributed by atoms with E-state index in [0.29, 0.717) is 51.8 Å². The van der Waals surface area contributed by atoms with Crippen LogP contribution in [0.25, 0.3) is 5.69 Å². The van der Waals surface area contributed by atoms with Crippen LogP contribution in [0.3, 0.4) is 0 Å². The summed E-state index contributed by atoms with van der Waals surface area (Å²) in [5.74, 6) is 0.684. The number of aromatic nitrogens is 2. The number of anilines is 1. The molecular formula is C31H35Cl2N3O3. The first kappa shape index (κ1) is 26.7. The van der Waals surface area contributed by atoms with Gasteiger partial charge < -0.3 is 14.4 Å². The minimum atomic E-state index is -0.510. The van der Waals surface area contributed by atoms with Gasteiger partial charge in [0, 0.05) is 23.7 Å². The fourth-order valence-electron chi connectivity index (χ4n) is 6.36. The molecule has 1 saturated heterocycles. The average Bonchev–Trinajstić information content (AvgIpc) is 3.38. The molecule has 6 rings (SSSR count). The molecule has 39 heavy (non-hydrogen) atoms. The van der Waals surface area contributed by atoms with E-state index in [-0.39, 0.29) is 12.1 Å². The molecule has 0 amide bonds. The fraction of sp³-hybridized carbons (Fsp3) is 0.484. The number of hydrogen-bond donors (Lipinski definition) is 0. The number of benzene rings is 2. The lowest BCUT2D eigenvalue weighted by atomic mass is 9.96. The summed E-state index contributed by atoms with van der Waals surface area (Å²) in [5.41, 5.74) is 4.22. The summed E-state index contributed by atoms with van der Waals surface area (Å²) in [6, 6.07) is 14.1. The van der Waals surface area contributed by atoms with Crippen LogP contribution in [0.1, 0.15) is 80.9 Å². The Morgan fingerprint density at radius 3 is 2.36 bits per heavy atom. The van der Waals surface area contributed by atoms with Crippen LogP contribution in [0, 0.1) is 5.92 Å². The second-order valence-electron chi connectivity index (χ2n) is 12.1. The van der Waals surface area contributed by atoms with Gasteiger partial charge in [-0.3, -0.25) is 0 Å². The molecule has 1 aliphatic heterocycles. The number of rotatable bonds is 7. The predicted molar refractivity (Wildman–Crippen MR) is 154 cm³/mol. The molecule has 3 aromatic rings. The van der Waals surface area contributed by atoms with Crippen molar-refractivity contribution >= 4 is 34.9 Å². The lowest BCUT2D eigenvalue weighted by Gasteiger charge is -2.39. The van der Waals surface area contributed by atoms with Crippen molar-refractivity contribution in [2.75, 3.05) is 4.90 Å². The molecule has 2 heterocycles. The molecule has 3 fully saturated rings. The highest BCUT2D eigenvalue weighted by molar-refractivity contribution is 6.37. The molecule has 0 spiro atoms. The number of halogens is 2. The number of esters is 1. The Morgan fingerprint density at radius 1 is 1.05 bits per heavy atom. The first-order chi connectivity index (χ1) is 18.6. The first-order valence-corrected chi connectivity index (χ1v) is 14.6. The second-order valence-corrected chi connectivity index (χ2v) is 13.0. The molecule has 0 radical (unpaired) electrons. The van der Waals surface area contributed by atoms with E-state index >= 15 is 0 Å². The van der Waals surface area contributed by atoms with Crippen LogP contribution in [0.15, 0.2) is 48.7 Å². The van der Waals surface area contributed by atoms with E-state index in [4.69, 9.17) is 37.8 Å². The Hall–Kier alpha value is -2.54. The average molecular weight is 569 g/mol. The highest BCUT2D eigenvalue weighted by atomic mass is 35.5. The van der Waals surface area contributed by atoms with Crippen molar-refractivity contribution in [2.45, 2.75) is 89.7 Å². The third kappa shape index (κ3) is 5.19. The maximum Gasteiger partial charge on any atom is 0.338 e. The highest BCUT2D eigenvalue weighted by Gasteiger charge is 2.50. The van der Waals surface area contributed by atoms with E-state index in [9.17, 15) is 4.79 Å². The monoisotopic (exact) mass is 567 g/mol. The normalized spacial score (nSPS) is 24.4. The van der Waals surface area contributed by atoms with Gasteiger partial charge in [0.1, 0.15) is 11.3 Å². The summed E-state index contributed by atoms with van der Waals surface area (Å²) in [6.45, 7) is 8.41.